The molecule has 0 radical (unpaired) electrons. The summed E-state index contributed by atoms with van der Waals surface area (Å²) in [5.74, 6) is -1.14. The fraction of sp³-hybridized carbons (Fsp3) is 0.278. The standard InChI is InChI=1S/C18H12Cl2F3N3O2/c19-11-3-12-15(27)10(8-28-16(12)13(20)4-11)7-26-2-1-14-9(6-26)5-24-17(25-14)18(21,22)23/h3-5,8H,1-2,6-7H2. The molecular weight excluding hydrogens is 418 g/mol. The Kier molecular flexibility index (Phi) is 4.81. The Hall–Kier alpha value is -2.16. The lowest BCUT2D eigenvalue weighted by Gasteiger charge is -2.27. The fourth-order valence-corrected chi connectivity index (χ4v) is 3.74. The SMILES string of the molecule is O=c1c(CN2CCc3nc(C(F)(F)F)ncc3C2)coc2c(Cl)cc(Cl)cc12. The predicted molar refractivity (Wildman–Crippen MR) is 97.4 cm³/mol. The van der Waals surface area contributed by atoms with Crippen molar-refractivity contribution in [2.24, 2.45) is 0 Å². The summed E-state index contributed by atoms with van der Waals surface area (Å²) >= 11 is 12.0. The second-order valence-corrected chi connectivity index (χ2v) is 7.32. The van der Waals surface area contributed by atoms with Crippen LogP contribution < -0.4 is 5.43 Å². The van der Waals surface area contributed by atoms with Crippen molar-refractivity contribution in [2.75, 3.05) is 6.54 Å². The Morgan fingerprint density at radius 1 is 1.25 bits per heavy atom. The molecule has 0 atom stereocenters. The average Bonchev–Trinajstić information content (AvgIpc) is 2.63. The van der Waals surface area contributed by atoms with Gasteiger partial charge in [0.15, 0.2) is 11.0 Å². The molecule has 0 aliphatic carbocycles. The van der Waals surface area contributed by atoms with E-state index in [1.165, 1.54) is 24.6 Å². The summed E-state index contributed by atoms with van der Waals surface area (Å²) < 4.78 is 43.8. The van der Waals surface area contributed by atoms with Gasteiger partial charge in [0, 0.05) is 48.4 Å². The highest BCUT2D eigenvalue weighted by molar-refractivity contribution is 6.38. The van der Waals surface area contributed by atoms with Gasteiger partial charge in [-0.3, -0.25) is 9.69 Å². The third-order valence-corrected chi connectivity index (χ3v) is 5.02. The molecular formula is C18H12Cl2F3N3O2. The summed E-state index contributed by atoms with van der Waals surface area (Å²) in [4.78, 5) is 21.7. The third-order valence-electron chi connectivity index (χ3n) is 4.52. The Morgan fingerprint density at radius 2 is 2.04 bits per heavy atom. The van der Waals surface area contributed by atoms with Gasteiger partial charge in [-0.15, -0.1) is 0 Å². The van der Waals surface area contributed by atoms with Gasteiger partial charge in [0.05, 0.1) is 22.4 Å². The van der Waals surface area contributed by atoms with Crippen molar-refractivity contribution in [1.29, 1.82) is 0 Å². The normalized spacial score (nSPS) is 15.0. The lowest BCUT2D eigenvalue weighted by Crippen LogP contribution is -2.33. The summed E-state index contributed by atoms with van der Waals surface area (Å²) in [6.45, 7) is 1.05. The highest BCUT2D eigenvalue weighted by Crippen LogP contribution is 2.29. The van der Waals surface area contributed by atoms with E-state index >= 15 is 0 Å². The van der Waals surface area contributed by atoms with Crippen molar-refractivity contribution >= 4 is 34.2 Å². The summed E-state index contributed by atoms with van der Waals surface area (Å²) in [5, 5.41) is 0.854. The summed E-state index contributed by atoms with van der Waals surface area (Å²) in [5.41, 5.74) is 1.40. The van der Waals surface area contributed by atoms with Crippen molar-refractivity contribution in [3.8, 4) is 0 Å². The molecule has 2 aromatic heterocycles. The number of hydrogen-bond acceptors (Lipinski definition) is 5. The molecule has 0 saturated carbocycles. The number of aromatic nitrogens is 2. The molecule has 0 fully saturated rings. The van der Waals surface area contributed by atoms with Gasteiger partial charge in [0.25, 0.3) is 0 Å². The van der Waals surface area contributed by atoms with E-state index in [1.54, 1.807) is 0 Å². The van der Waals surface area contributed by atoms with Gasteiger partial charge in [-0.25, -0.2) is 9.97 Å². The van der Waals surface area contributed by atoms with Crippen LogP contribution >= 0.6 is 23.2 Å². The highest BCUT2D eigenvalue weighted by atomic mass is 35.5. The molecule has 5 nitrogen and oxygen atoms in total. The molecule has 4 rings (SSSR count). The van der Waals surface area contributed by atoms with E-state index in [4.69, 9.17) is 27.6 Å². The first kappa shape index (κ1) is 19.2. The van der Waals surface area contributed by atoms with E-state index < -0.39 is 12.0 Å². The summed E-state index contributed by atoms with van der Waals surface area (Å²) in [6, 6.07) is 2.99. The van der Waals surface area contributed by atoms with Gasteiger partial charge in [-0.2, -0.15) is 13.2 Å². The number of hydrogen-bond donors (Lipinski definition) is 0. The highest BCUT2D eigenvalue weighted by Gasteiger charge is 2.35. The third kappa shape index (κ3) is 3.59. The van der Waals surface area contributed by atoms with E-state index in [1.807, 2.05) is 4.90 Å². The first-order valence-electron chi connectivity index (χ1n) is 8.26. The zero-order chi connectivity index (χ0) is 20.1. The molecule has 3 heterocycles. The van der Waals surface area contributed by atoms with Crippen LogP contribution in [0.2, 0.25) is 10.0 Å². The van der Waals surface area contributed by atoms with Crippen LogP contribution in [0.4, 0.5) is 13.2 Å². The minimum Gasteiger partial charge on any atom is -0.462 e. The molecule has 1 aliphatic rings. The van der Waals surface area contributed by atoms with Crippen molar-refractivity contribution < 1.29 is 17.6 Å². The monoisotopic (exact) mass is 429 g/mol. The molecule has 0 saturated heterocycles. The van der Waals surface area contributed by atoms with Gasteiger partial charge in [-0.1, -0.05) is 23.2 Å². The molecule has 10 heteroatoms. The second-order valence-electron chi connectivity index (χ2n) is 6.48. The van der Waals surface area contributed by atoms with Crippen LogP contribution in [-0.4, -0.2) is 21.4 Å². The first-order valence-corrected chi connectivity index (χ1v) is 9.02. The van der Waals surface area contributed by atoms with E-state index in [-0.39, 0.29) is 28.0 Å². The van der Waals surface area contributed by atoms with Crippen molar-refractivity contribution in [3.05, 3.63) is 67.5 Å². The molecule has 1 aliphatic heterocycles. The molecule has 0 bridgehead atoms. The molecule has 146 valence electrons. The lowest BCUT2D eigenvalue weighted by molar-refractivity contribution is -0.145. The van der Waals surface area contributed by atoms with Gasteiger partial charge >= 0.3 is 6.18 Å². The molecule has 0 N–H and O–H groups in total. The Balaban J connectivity index is 1.60. The maximum absolute atomic E-state index is 12.8. The number of nitrogens with zero attached hydrogens (tertiary/aromatic N) is 3. The number of rotatable bonds is 2. The van der Waals surface area contributed by atoms with E-state index in [2.05, 4.69) is 9.97 Å². The Labute approximate surface area is 166 Å². The van der Waals surface area contributed by atoms with Gasteiger partial charge in [-0.05, 0) is 12.1 Å². The Bertz CT molecular complexity index is 1130. The maximum Gasteiger partial charge on any atom is 0.451 e. The topological polar surface area (TPSA) is 59.2 Å². The average molecular weight is 430 g/mol. The number of alkyl halides is 3. The van der Waals surface area contributed by atoms with Crippen LogP contribution in [0.3, 0.4) is 0 Å². The second kappa shape index (κ2) is 7.02. The molecule has 3 aromatic rings. The quantitative estimate of drug-likeness (QED) is 0.601. The first-order chi connectivity index (χ1) is 13.2. The molecule has 28 heavy (non-hydrogen) atoms. The van der Waals surface area contributed by atoms with Crippen molar-refractivity contribution in [2.45, 2.75) is 25.7 Å². The Morgan fingerprint density at radius 3 is 2.79 bits per heavy atom. The van der Waals surface area contributed by atoms with E-state index in [9.17, 15) is 18.0 Å². The van der Waals surface area contributed by atoms with Gasteiger partial charge < -0.3 is 4.42 Å². The smallest absolute Gasteiger partial charge is 0.451 e. The van der Waals surface area contributed by atoms with Crippen LogP contribution in [0.25, 0.3) is 11.0 Å². The lowest BCUT2D eigenvalue weighted by atomic mass is 10.1. The van der Waals surface area contributed by atoms with E-state index in [0.717, 1.165) is 0 Å². The minimum absolute atomic E-state index is 0.246. The van der Waals surface area contributed by atoms with Gasteiger partial charge in [0.1, 0.15) is 0 Å². The van der Waals surface area contributed by atoms with Crippen LogP contribution in [-0.2, 0) is 25.7 Å². The van der Waals surface area contributed by atoms with Crippen LogP contribution in [0, 0.1) is 0 Å². The van der Waals surface area contributed by atoms with E-state index in [0.29, 0.717) is 41.4 Å². The molecule has 0 amide bonds. The van der Waals surface area contributed by atoms with Gasteiger partial charge in [0.2, 0.25) is 5.82 Å². The molecule has 0 spiro atoms. The number of benzene rings is 1. The largest absolute Gasteiger partial charge is 0.462 e. The number of halogens is 5. The maximum atomic E-state index is 12.8. The predicted octanol–water partition coefficient (Wildman–Crippen LogP) is 4.47. The van der Waals surface area contributed by atoms with Crippen molar-refractivity contribution in [3.63, 3.8) is 0 Å². The zero-order valence-corrected chi connectivity index (χ0v) is 15.7. The zero-order valence-electron chi connectivity index (χ0n) is 14.2. The summed E-state index contributed by atoms with van der Waals surface area (Å²) in [7, 11) is 0. The van der Waals surface area contributed by atoms with Crippen LogP contribution in [0.15, 0.2) is 33.8 Å². The molecule has 1 aromatic carbocycles. The molecule has 0 unspecified atom stereocenters. The number of fused-ring (bicyclic) bond motifs is 2. The minimum atomic E-state index is -4.57. The summed E-state index contributed by atoms with van der Waals surface area (Å²) in [6.07, 6.45) is -1.70. The van der Waals surface area contributed by atoms with Crippen molar-refractivity contribution in [1.82, 2.24) is 14.9 Å². The van der Waals surface area contributed by atoms with Crippen LogP contribution in [0.1, 0.15) is 22.6 Å². The fourth-order valence-electron chi connectivity index (χ4n) is 3.20. The van der Waals surface area contributed by atoms with Crippen LogP contribution in [0.5, 0.6) is 0 Å².